The summed E-state index contributed by atoms with van der Waals surface area (Å²) in [5, 5.41) is 3.10. The summed E-state index contributed by atoms with van der Waals surface area (Å²) in [4.78, 5) is 11.8. The predicted octanol–water partition coefficient (Wildman–Crippen LogP) is 3.40. The van der Waals surface area contributed by atoms with Gasteiger partial charge in [0.25, 0.3) is 0 Å². The summed E-state index contributed by atoms with van der Waals surface area (Å²) < 4.78 is 44.4. The summed E-state index contributed by atoms with van der Waals surface area (Å²) >= 11 is 11.7. The molecule has 2 aromatic carbocycles. The Morgan fingerprint density at radius 2 is 1.92 bits per heavy atom. The van der Waals surface area contributed by atoms with Crippen LogP contribution < -0.4 is 10.1 Å². The van der Waals surface area contributed by atoms with Crippen molar-refractivity contribution >= 4 is 44.8 Å². The van der Waals surface area contributed by atoms with Crippen LogP contribution in [0.15, 0.2) is 41.3 Å². The highest BCUT2D eigenvalue weighted by Gasteiger charge is 2.27. The van der Waals surface area contributed by atoms with E-state index in [1.807, 2.05) is 0 Å². The van der Waals surface area contributed by atoms with Crippen LogP contribution in [0.1, 0.15) is 0 Å². The maximum Gasteiger partial charge on any atom is 0.247 e. The van der Waals surface area contributed by atoms with Gasteiger partial charge in [0, 0.05) is 12.1 Å². The maximum absolute atomic E-state index is 13.5. The van der Waals surface area contributed by atoms with E-state index in [1.54, 1.807) is 0 Å². The van der Waals surface area contributed by atoms with Crippen molar-refractivity contribution in [2.45, 2.75) is 4.90 Å². The molecule has 26 heavy (non-hydrogen) atoms. The molecule has 0 aliphatic rings. The molecule has 2 aromatic rings. The number of carbonyl (C=O) groups is 1. The van der Waals surface area contributed by atoms with Gasteiger partial charge in [0.05, 0.1) is 24.4 Å². The number of nitrogens with one attached hydrogen (secondary N) is 1. The molecular formula is C16H15Cl2FN2O4S. The molecular weight excluding hydrogens is 406 g/mol. The fourth-order valence-electron chi connectivity index (χ4n) is 2.09. The normalized spacial score (nSPS) is 11.5. The minimum atomic E-state index is -4.16. The number of rotatable bonds is 6. The van der Waals surface area contributed by atoms with Crippen LogP contribution in [0.2, 0.25) is 10.0 Å². The average Bonchev–Trinajstić information content (AvgIpc) is 2.57. The van der Waals surface area contributed by atoms with Gasteiger partial charge < -0.3 is 10.1 Å². The van der Waals surface area contributed by atoms with Gasteiger partial charge >= 0.3 is 0 Å². The molecule has 10 heteroatoms. The third kappa shape index (κ3) is 4.64. The van der Waals surface area contributed by atoms with Crippen LogP contribution in [0, 0.1) is 5.82 Å². The molecule has 0 unspecified atom stereocenters. The van der Waals surface area contributed by atoms with Gasteiger partial charge in [-0.05, 0) is 36.4 Å². The highest BCUT2D eigenvalue weighted by molar-refractivity contribution is 7.89. The van der Waals surface area contributed by atoms with Crippen LogP contribution in [0.5, 0.6) is 5.75 Å². The van der Waals surface area contributed by atoms with Gasteiger partial charge in [-0.2, -0.15) is 4.31 Å². The Kier molecular flexibility index (Phi) is 6.46. The van der Waals surface area contributed by atoms with Crippen LogP contribution >= 0.6 is 23.2 Å². The van der Waals surface area contributed by atoms with E-state index in [-0.39, 0.29) is 21.4 Å². The number of benzene rings is 2. The highest BCUT2D eigenvalue weighted by Crippen LogP contribution is 2.28. The van der Waals surface area contributed by atoms with Crippen LogP contribution in [-0.4, -0.2) is 39.3 Å². The molecule has 0 aromatic heterocycles. The molecule has 6 nitrogen and oxygen atoms in total. The van der Waals surface area contributed by atoms with Crippen molar-refractivity contribution < 1.29 is 22.3 Å². The van der Waals surface area contributed by atoms with E-state index in [9.17, 15) is 17.6 Å². The Labute approximate surface area is 160 Å². The number of ether oxygens (including phenoxy) is 1. The second-order valence-corrected chi connectivity index (χ2v) is 8.09. The van der Waals surface area contributed by atoms with Crippen molar-refractivity contribution in [2.75, 3.05) is 26.0 Å². The number of halogens is 3. The smallest absolute Gasteiger partial charge is 0.247 e. The Morgan fingerprint density at radius 1 is 1.23 bits per heavy atom. The Morgan fingerprint density at radius 3 is 2.54 bits per heavy atom. The second kappa shape index (κ2) is 8.22. The Balaban J connectivity index is 2.19. The first-order chi connectivity index (χ1) is 12.1. The van der Waals surface area contributed by atoms with Gasteiger partial charge in [-0.25, -0.2) is 12.8 Å². The van der Waals surface area contributed by atoms with Gasteiger partial charge in [0.1, 0.15) is 16.5 Å². The summed E-state index contributed by atoms with van der Waals surface area (Å²) in [6.07, 6.45) is 0. The molecule has 1 amide bonds. The van der Waals surface area contributed by atoms with Crippen LogP contribution in [0.25, 0.3) is 0 Å². The molecule has 140 valence electrons. The number of likely N-dealkylation sites (N-methyl/N-ethyl adjacent to an activating group) is 1. The third-order valence-corrected chi connectivity index (χ3v) is 5.76. The van der Waals surface area contributed by atoms with E-state index >= 15 is 0 Å². The molecule has 0 radical (unpaired) electrons. The Bertz CT molecular complexity index is 938. The fraction of sp³-hybridized carbons (Fsp3) is 0.188. The number of sulfonamides is 1. The molecule has 0 spiro atoms. The van der Waals surface area contributed by atoms with Crippen molar-refractivity contribution in [2.24, 2.45) is 0 Å². The first-order valence-electron chi connectivity index (χ1n) is 7.20. The number of hydrogen-bond acceptors (Lipinski definition) is 4. The number of hydrogen-bond donors (Lipinski definition) is 1. The van der Waals surface area contributed by atoms with Gasteiger partial charge in [-0.3, -0.25) is 4.79 Å². The van der Waals surface area contributed by atoms with E-state index in [0.29, 0.717) is 5.02 Å². The highest BCUT2D eigenvalue weighted by atomic mass is 35.5. The standard InChI is InChI=1S/C16H15Cl2FN2O4S/c1-21(9-16(22)20-13-5-3-10(17)7-12(13)18)26(23,24)15-8-11(19)4-6-14(15)25-2/h3-8H,9H2,1-2H3,(H,20,22). The third-order valence-electron chi connectivity index (χ3n) is 3.39. The zero-order valence-electron chi connectivity index (χ0n) is 13.8. The SMILES string of the molecule is COc1ccc(F)cc1S(=O)(=O)N(C)CC(=O)Nc1ccc(Cl)cc1Cl. The van der Waals surface area contributed by atoms with Crippen LogP contribution in [0.4, 0.5) is 10.1 Å². The summed E-state index contributed by atoms with van der Waals surface area (Å²) in [5.74, 6) is -1.40. The van der Waals surface area contributed by atoms with Crippen LogP contribution in [-0.2, 0) is 14.8 Å². The largest absolute Gasteiger partial charge is 0.495 e. The molecule has 0 heterocycles. The predicted molar refractivity (Wildman–Crippen MR) is 97.9 cm³/mol. The second-order valence-electron chi connectivity index (χ2n) is 5.23. The zero-order chi connectivity index (χ0) is 19.5. The Hall–Kier alpha value is -1.87. The summed E-state index contributed by atoms with van der Waals surface area (Å²) in [5.41, 5.74) is 0.287. The molecule has 2 rings (SSSR count). The quantitative estimate of drug-likeness (QED) is 0.776. The number of carbonyl (C=O) groups excluding carboxylic acids is 1. The first-order valence-corrected chi connectivity index (χ1v) is 9.39. The van der Waals surface area contributed by atoms with E-state index in [0.717, 1.165) is 16.4 Å². The minimum Gasteiger partial charge on any atom is -0.495 e. The zero-order valence-corrected chi connectivity index (χ0v) is 16.1. The number of methoxy groups -OCH3 is 1. The lowest BCUT2D eigenvalue weighted by Gasteiger charge is -2.18. The maximum atomic E-state index is 13.5. The van der Waals surface area contributed by atoms with Crippen molar-refractivity contribution in [3.8, 4) is 5.75 Å². The monoisotopic (exact) mass is 420 g/mol. The van der Waals surface area contributed by atoms with E-state index in [4.69, 9.17) is 27.9 Å². The lowest BCUT2D eigenvalue weighted by atomic mass is 10.3. The van der Waals surface area contributed by atoms with Crippen molar-refractivity contribution in [3.05, 3.63) is 52.3 Å². The fourth-order valence-corrected chi connectivity index (χ4v) is 3.83. The van der Waals surface area contributed by atoms with Crippen LogP contribution in [0.3, 0.4) is 0 Å². The number of nitrogens with zero attached hydrogens (tertiary/aromatic N) is 1. The molecule has 0 atom stereocenters. The number of amides is 1. The van der Waals surface area contributed by atoms with Gasteiger partial charge in [0.2, 0.25) is 15.9 Å². The molecule has 0 fully saturated rings. The molecule has 0 saturated heterocycles. The lowest BCUT2D eigenvalue weighted by molar-refractivity contribution is -0.116. The van der Waals surface area contributed by atoms with Gasteiger partial charge in [-0.15, -0.1) is 0 Å². The molecule has 0 bridgehead atoms. The van der Waals surface area contributed by atoms with E-state index in [2.05, 4.69) is 5.32 Å². The molecule has 0 saturated carbocycles. The first kappa shape index (κ1) is 20.4. The van der Waals surface area contributed by atoms with E-state index in [1.165, 1.54) is 38.4 Å². The average molecular weight is 421 g/mol. The van der Waals surface area contributed by atoms with Crippen molar-refractivity contribution in [1.82, 2.24) is 4.31 Å². The van der Waals surface area contributed by atoms with E-state index < -0.39 is 28.3 Å². The molecule has 0 aliphatic carbocycles. The number of anilines is 1. The lowest BCUT2D eigenvalue weighted by Crippen LogP contribution is -2.35. The van der Waals surface area contributed by atoms with Crippen molar-refractivity contribution in [1.29, 1.82) is 0 Å². The molecule has 1 N–H and O–H groups in total. The summed E-state index contributed by atoms with van der Waals surface area (Å²) in [6, 6.07) is 7.57. The topological polar surface area (TPSA) is 75.7 Å². The van der Waals surface area contributed by atoms with Crippen molar-refractivity contribution in [3.63, 3.8) is 0 Å². The van der Waals surface area contributed by atoms with Gasteiger partial charge in [-0.1, -0.05) is 23.2 Å². The van der Waals surface area contributed by atoms with Gasteiger partial charge in [0.15, 0.2) is 0 Å². The summed E-state index contributed by atoms with van der Waals surface area (Å²) in [6.45, 7) is -0.513. The summed E-state index contributed by atoms with van der Waals surface area (Å²) in [7, 11) is -1.69. The minimum absolute atomic E-state index is 0.0283. The molecule has 0 aliphatic heterocycles.